The molecule has 2 aliphatic rings. The van der Waals surface area contributed by atoms with Gasteiger partial charge in [0, 0.05) is 29.9 Å². The summed E-state index contributed by atoms with van der Waals surface area (Å²) >= 11 is 5.66. The molecule has 0 bridgehead atoms. The number of aliphatic hydroxyl groups excluding tert-OH is 1. The molecule has 2 aromatic rings. The van der Waals surface area contributed by atoms with Crippen LogP contribution in [0.5, 0.6) is 5.75 Å². The highest BCUT2D eigenvalue weighted by Crippen LogP contribution is 2.36. The lowest BCUT2D eigenvalue weighted by Gasteiger charge is -2.42. The van der Waals surface area contributed by atoms with Gasteiger partial charge in [-0.05, 0) is 43.5 Å². The third-order valence-electron chi connectivity index (χ3n) is 5.54. The highest BCUT2D eigenvalue weighted by Gasteiger charge is 2.42. The van der Waals surface area contributed by atoms with Crippen molar-refractivity contribution in [2.24, 2.45) is 4.99 Å². The predicted octanol–water partition coefficient (Wildman–Crippen LogP) is 3.79. The van der Waals surface area contributed by atoms with Crippen LogP contribution >= 0.6 is 11.6 Å². The number of aliphatic imine (C=N–C) groups is 1. The molecule has 2 atom stereocenters. The summed E-state index contributed by atoms with van der Waals surface area (Å²) in [4.78, 5) is 5.40. The lowest BCUT2D eigenvalue weighted by atomic mass is 9.89. The van der Waals surface area contributed by atoms with Crippen LogP contribution in [0.15, 0.2) is 29.3 Å². The van der Waals surface area contributed by atoms with Crippen LogP contribution in [0, 0.1) is 17.5 Å². The van der Waals surface area contributed by atoms with E-state index in [1.165, 1.54) is 17.0 Å². The Kier molecular flexibility index (Phi) is 5.65. The van der Waals surface area contributed by atoms with Gasteiger partial charge in [0.05, 0.1) is 0 Å². The quantitative estimate of drug-likeness (QED) is 0.759. The molecule has 0 aliphatic carbocycles. The summed E-state index contributed by atoms with van der Waals surface area (Å²) in [5.41, 5.74) is -1.10. The Morgan fingerprint density at radius 3 is 2.63 bits per heavy atom. The maximum atomic E-state index is 14.2. The van der Waals surface area contributed by atoms with Gasteiger partial charge in [-0.15, -0.1) is 0 Å². The Balaban J connectivity index is 1.48. The molecule has 2 heterocycles. The molecule has 4 rings (SSSR count). The number of anilines is 1. The van der Waals surface area contributed by atoms with Crippen LogP contribution in [0.4, 0.5) is 24.5 Å². The van der Waals surface area contributed by atoms with Gasteiger partial charge >= 0.3 is 0 Å². The van der Waals surface area contributed by atoms with E-state index in [2.05, 4.69) is 4.99 Å². The van der Waals surface area contributed by atoms with E-state index < -0.39 is 29.2 Å². The van der Waals surface area contributed by atoms with Crippen molar-refractivity contribution >= 4 is 29.2 Å². The Bertz CT molecular complexity index is 981. The summed E-state index contributed by atoms with van der Waals surface area (Å²) in [5, 5.41) is 21.4. The number of aliphatic hydroxyl groups is 2. The van der Waals surface area contributed by atoms with Gasteiger partial charge in [0.1, 0.15) is 41.3 Å². The van der Waals surface area contributed by atoms with Crippen molar-refractivity contribution in [1.29, 1.82) is 0 Å². The smallest absolute Gasteiger partial charge is 0.151 e. The van der Waals surface area contributed by atoms with Gasteiger partial charge < -0.3 is 19.8 Å². The summed E-state index contributed by atoms with van der Waals surface area (Å²) in [5.74, 6) is -1.74. The number of fused-ring (bicyclic) bond motifs is 1. The van der Waals surface area contributed by atoms with Gasteiger partial charge in [-0.2, -0.15) is 0 Å². The highest BCUT2D eigenvalue weighted by molar-refractivity contribution is 6.30. The average Bonchev–Trinajstić information content (AvgIpc) is 2.70. The second-order valence-corrected chi connectivity index (χ2v) is 7.98. The number of rotatable bonds is 4. The van der Waals surface area contributed by atoms with Crippen molar-refractivity contribution in [3.05, 3.63) is 52.3 Å². The fourth-order valence-electron chi connectivity index (χ4n) is 3.85. The molecule has 0 spiro atoms. The predicted molar refractivity (Wildman–Crippen MR) is 108 cm³/mol. The molecule has 2 aliphatic heterocycles. The molecule has 9 heteroatoms. The third kappa shape index (κ3) is 3.87. The summed E-state index contributed by atoms with van der Waals surface area (Å²) in [6.45, 7) is -0.352. The second kappa shape index (κ2) is 8.09. The second-order valence-electron chi connectivity index (χ2n) is 7.55. The van der Waals surface area contributed by atoms with E-state index in [-0.39, 0.29) is 42.5 Å². The van der Waals surface area contributed by atoms with Gasteiger partial charge in [-0.1, -0.05) is 11.6 Å². The Hall–Kier alpha value is -2.29. The highest BCUT2D eigenvalue weighted by atomic mass is 35.5. The molecule has 2 N–H and O–H groups in total. The average molecular weight is 441 g/mol. The fourth-order valence-corrected chi connectivity index (χ4v) is 4.04. The maximum absolute atomic E-state index is 14.2. The van der Waals surface area contributed by atoms with Crippen LogP contribution < -0.4 is 9.64 Å². The fraction of sp³-hybridized carbons (Fsp3) is 0.381. The monoisotopic (exact) mass is 440 g/mol. The van der Waals surface area contributed by atoms with Crippen LogP contribution in [0.3, 0.4) is 0 Å². The minimum absolute atomic E-state index is 0.0111. The number of hydrogen-bond donors (Lipinski definition) is 2. The van der Waals surface area contributed by atoms with Gasteiger partial charge in [0.15, 0.2) is 11.6 Å². The molecule has 0 radical (unpaired) electrons. The molecule has 0 aromatic heterocycles. The van der Waals surface area contributed by atoms with Crippen molar-refractivity contribution in [1.82, 2.24) is 0 Å². The summed E-state index contributed by atoms with van der Waals surface area (Å²) in [6, 6.07) is 4.71. The van der Waals surface area contributed by atoms with Crippen molar-refractivity contribution in [3.8, 4) is 5.75 Å². The largest absolute Gasteiger partial charge is 0.490 e. The zero-order chi connectivity index (χ0) is 21.5. The van der Waals surface area contributed by atoms with Gasteiger partial charge in [0.25, 0.3) is 0 Å². The molecule has 1 fully saturated rings. The van der Waals surface area contributed by atoms with Crippen LogP contribution in [0.1, 0.15) is 18.4 Å². The Morgan fingerprint density at radius 2 is 1.93 bits per heavy atom. The number of ether oxygens (including phenoxy) is 1. The number of hydrogen-bond acceptors (Lipinski definition) is 5. The Morgan fingerprint density at radius 1 is 1.20 bits per heavy atom. The number of halogens is 4. The first-order valence-corrected chi connectivity index (χ1v) is 9.93. The molecule has 160 valence electrons. The van der Waals surface area contributed by atoms with Crippen molar-refractivity contribution in [3.63, 3.8) is 0 Å². The lowest BCUT2D eigenvalue weighted by molar-refractivity contribution is -0.109. The van der Waals surface area contributed by atoms with Gasteiger partial charge in [0.2, 0.25) is 0 Å². The SMILES string of the molecule is O[C@@H]1CN(c2c(F)cc(Cl)cc2F)CC[C@@]1(O)COc1ccc(F)c2c1CCC=N2. The van der Waals surface area contributed by atoms with E-state index in [9.17, 15) is 23.4 Å². The van der Waals surface area contributed by atoms with E-state index in [4.69, 9.17) is 16.3 Å². The molecule has 5 nitrogen and oxygen atoms in total. The summed E-state index contributed by atoms with van der Waals surface area (Å²) in [7, 11) is 0. The number of nitrogens with zero attached hydrogens (tertiary/aromatic N) is 2. The van der Waals surface area contributed by atoms with E-state index in [0.717, 1.165) is 12.1 Å². The zero-order valence-corrected chi connectivity index (χ0v) is 16.7. The first-order valence-electron chi connectivity index (χ1n) is 9.55. The number of β-amino-alcohol motifs (C(OH)–C–C–N with tert-alkyl or cyclic N) is 1. The van der Waals surface area contributed by atoms with E-state index >= 15 is 0 Å². The van der Waals surface area contributed by atoms with E-state index in [1.807, 2.05) is 0 Å². The van der Waals surface area contributed by atoms with Crippen LogP contribution in [0.25, 0.3) is 0 Å². The zero-order valence-electron chi connectivity index (χ0n) is 15.9. The first kappa shape index (κ1) is 21.0. The number of benzene rings is 2. The minimum atomic E-state index is -1.63. The van der Waals surface area contributed by atoms with Crippen molar-refractivity contribution in [2.45, 2.75) is 31.0 Å². The van der Waals surface area contributed by atoms with Crippen LogP contribution in [-0.4, -0.2) is 47.8 Å². The summed E-state index contributed by atoms with van der Waals surface area (Å²) < 4.78 is 48.1. The lowest BCUT2D eigenvalue weighted by Crippen LogP contribution is -2.58. The molecule has 0 amide bonds. The molecular weight excluding hydrogens is 421 g/mol. The Labute approximate surface area is 176 Å². The minimum Gasteiger partial charge on any atom is -0.490 e. The molecule has 2 aromatic carbocycles. The molecule has 30 heavy (non-hydrogen) atoms. The standard InChI is InChI=1S/C21H20ClF3N2O3/c22-12-8-15(24)20(16(25)9-12)27-7-5-21(29,18(28)10-27)11-30-17-4-3-14(23)19-13(17)2-1-6-26-19/h3-4,6,8-9,18,28-29H,1-2,5,7,10-11H2/t18-,21-/m1/s1. The maximum Gasteiger partial charge on any atom is 0.151 e. The number of piperidine rings is 1. The van der Waals surface area contributed by atoms with E-state index in [0.29, 0.717) is 24.2 Å². The normalized spacial score (nSPS) is 23.4. The van der Waals surface area contributed by atoms with Crippen LogP contribution in [-0.2, 0) is 6.42 Å². The molecule has 0 saturated carbocycles. The van der Waals surface area contributed by atoms with Gasteiger partial charge in [-0.25, -0.2) is 13.2 Å². The van der Waals surface area contributed by atoms with Gasteiger partial charge in [-0.3, -0.25) is 4.99 Å². The summed E-state index contributed by atoms with van der Waals surface area (Å²) in [6.07, 6.45) is 1.52. The van der Waals surface area contributed by atoms with Crippen molar-refractivity contribution < 1.29 is 28.1 Å². The van der Waals surface area contributed by atoms with Crippen molar-refractivity contribution in [2.75, 3.05) is 24.6 Å². The molecular formula is C21H20ClF3N2O3. The first-order chi connectivity index (χ1) is 14.3. The molecule has 1 saturated heterocycles. The topological polar surface area (TPSA) is 65.3 Å². The third-order valence-corrected chi connectivity index (χ3v) is 5.76. The van der Waals surface area contributed by atoms with Crippen LogP contribution in [0.2, 0.25) is 5.02 Å². The molecule has 0 unspecified atom stereocenters. The van der Waals surface area contributed by atoms with E-state index in [1.54, 1.807) is 6.21 Å².